The van der Waals surface area contributed by atoms with Gasteiger partial charge in [-0.25, -0.2) is 0 Å². The number of ether oxygens (including phenoxy) is 2. The molecule has 0 aliphatic heterocycles. The first-order valence-electron chi connectivity index (χ1n) is 22.8. The molecule has 0 spiro atoms. The Bertz CT molecular complexity index is 663. The summed E-state index contributed by atoms with van der Waals surface area (Å²) in [4.78, 5) is 12.2. The number of aliphatic hydroxyl groups excluding tert-OH is 1. The van der Waals surface area contributed by atoms with Crippen LogP contribution in [0.4, 0.5) is 0 Å². The SMILES string of the molecule is CCCCCCCC/C=C\CCCCCCCC(=O)OC(CO)COCCCCCCCCCCCCCCCCCCCCCCCCC. The van der Waals surface area contributed by atoms with Gasteiger partial charge in [-0.05, 0) is 38.5 Å². The quantitative estimate of drug-likeness (QED) is 0.0390. The maximum Gasteiger partial charge on any atom is 0.306 e. The number of unbranched alkanes of at least 4 members (excludes halogenated alkanes) is 33. The van der Waals surface area contributed by atoms with Crippen LogP contribution in [0.25, 0.3) is 0 Å². The van der Waals surface area contributed by atoms with Crippen LogP contribution in [0, 0.1) is 0 Å². The van der Waals surface area contributed by atoms with Crippen LogP contribution in [0.2, 0.25) is 0 Å². The summed E-state index contributed by atoms with van der Waals surface area (Å²) in [6.07, 6.45) is 52.9. The number of esters is 1. The van der Waals surface area contributed by atoms with Crippen LogP contribution < -0.4 is 0 Å². The van der Waals surface area contributed by atoms with Gasteiger partial charge in [0.1, 0.15) is 6.10 Å². The summed E-state index contributed by atoms with van der Waals surface area (Å²) >= 11 is 0. The van der Waals surface area contributed by atoms with Gasteiger partial charge in [-0.15, -0.1) is 0 Å². The van der Waals surface area contributed by atoms with Gasteiger partial charge < -0.3 is 14.6 Å². The van der Waals surface area contributed by atoms with Gasteiger partial charge in [0, 0.05) is 13.0 Å². The predicted octanol–water partition coefficient (Wildman–Crippen LogP) is 14.9. The highest BCUT2D eigenvalue weighted by molar-refractivity contribution is 5.69. The lowest BCUT2D eigenvalue weighted by atomic mass is 10.0. The molecular formula is C46H90O4. The van der Waals surface area contributed by atoms with Gasteiger partial charge in [0.05, 0.1) is 13.2 Å². The van der Waals surface area contributed by atoms with Crippen molar-refractivity contribution in [3.63, 3.8) is 0 Å². The van der Waals surface area contributed by atoms with E-state index in [0.717, 1.165) is 19.3 Å². The molecule has 0 heterocycles. The maximum absolute atomic E-state index is 12.2. The van der Waals surface area contributed by atoms with Crippen molar-refractivity contribution in [2.75, 3.05) is 19.8 Å². The second-order valence-corrected chi connectivity index (χ2v) is 15.5. The number of rotatable bonds is 43. The van der Waals surface area contributed by atoms with E-state index in [-0.39, 0.29) is 12.6 Å². The fourth-order valence-electron chi connectivity index (χ4n) is 6.91. The highest BCUT2D eigenvalue weighted by atomic mass is 16.6. The fraction of sp³-hybridized carbons (Fsp3) is 0.935. The van der Waals surface area contributed by atoms with Crippen molar-refractivity contribution in [2.45, 2.75) is 258 Å². The first kappa shape index (κ1) is 49.1. The molecule has 0 aromatic rings. The van der Waals surface area contributed by atoms with Crippen molar-refractivity contribution in [3.05, 3.63) is 12.2 Å². The monoisotopic (exact) mass is 707 g/mol. The highest BCUT2D eigenvalue weighted by Crippen LogP contribution is 2.16. The van der Waals surface area contributed by atoms with Gasteiger partial charge in [0.2, 0.25) is 0 Å². The van der Waals surface area contributed by atoms with Gasteiger partial charge in [0.15, 0.2) is 0 Å². The van der Waals surface area contributed by atoms with E-state index in [1.165, 1.54) is 212 Å². The Morgan fingerprint density at radius 1 is 0.460 bits per heavy atom. The molecule has 1 atom stereocenters. The average Bonchev–Trinajstić information content (AvgIpc) is 3.12. The number of hydrogen-bond acceptors (Lipinski definition) is 4. The summed E-state index contributed by atoms with van der Waals surface area (Å²) in [5, 5.41) is 9.60. The van der Waals surface area contributed by atoms with Crippen molar-refractivity contribution in [1.82, 2.24) is 0 Å². The third kappa shape index (κ3) is 41.5. The summed E-state index contributed by atoms with van der Waals surface area (Å²) in [5.74, 6) is -0.204. The van der Waals surface area contributed by atoms with E-state index in [1.807, 2.05) is 0 Å². The molecular weight excluding hydrogens is 617 g/mol. The Hall–Kier alpha value is -0.870. The minimum absolute atomic E-state index is 0.169. The third-order valence-corrected chi connectivity index (χ3v) is 10.3. The predicted molar refractivity (Wildman–Crippen MR) is 219 cm³/mol. The Morgan fingerprint density at radius 3 is 1.14 bits per heavy atom. The molecule has 1 unspecified atom stereocenters. The molecule has 0 rings (SSSR count). The first-order chi connectivity index (χ1) is 24.7. The second kappa shape index (κ2) is 44.3. The Labute approximate surface area is 314 Å². The van der Waals surface area contributed by atoms with Crippen LogP contribution in [-0.2, 0) is 14.3 Å². The number of hydrogen-bond donors (Lipinski definition) is 1. The Kier molecular flexibility index (Phi) is 43.5. The van der Waals surface area contributed by atoms with Crippen LogP contribution in [0.3, 0.4) is 0 Å². The van der Waals surface area contributed by atoms with Crippen molar-refractivity contribution in [3.8, 4) is 0 Å². The van der Waals surface area contributed by atoms with Gasteiger partial charge in [0.25, 0.3) is 0 Å². The van der Waals surface area contributed by atoms with E-state index in [4.69, 9.17) is 9.47 Å². The van der Waals surface area contributed by atoms with Gasteiger partial charge >= 0.3 is 5.97 Å². The Balaban J connectivity index is 3.35. The molecule has 50 heavy (non-hydrogen) atoms. The highest BCUT2D eigenvalue weighted by Gasteiger charge is 2.13. The molecule has 0 radical (unpaired) electrons. The Morgan fingerprint density at radius 2 is 0.780 bits per heavy atom. The topological polar surface area (TPSA) is 55.8 Å². The zero-order valence-corrected chi connectivity index (χ0v) is 34.2. The lowest BCUT2D eigenvalue weighted by molar-refractivity contribution is -0.154. The third-order valence-electron chi connectivity index (χ3n) is 10.3. The van der Waals surface area contributed by atoms with Crippen molar-refractivity contribution < 1.29 is 19.4 Å². The van der Waals surface area contributed by atoms with Crippen LogP contribution in [0.1, 0.15) is 251 Å². The zero-order chi connectivity index (χ0) is 36.3. The van der Waals surface area contributed by atoms with Crippen LogP contribution in [0.5, 0.6) is 0 Å². The molecule has 298 valence electrons. The largest absolute Gasteiger partial charge is 0.457 e. The van der Waals surface area contributed by atoms with Gasteiger partial charge in [-0.1, -0.05) is 219 Å². The fourth-order valence-corrected chi connectivity index (χ4v) is 6.91. The molecule has 0 saturated carbocycles. The number of aliphatic hydroxyl groups is 1. The summed E-state index contributed by atoms with van der Waals surface area (Å²) < 4.78 is 11.2. The van der Waals surface area contributed by atoms with E-state index in [0.29, 0.717) is 19.6 Å². The summed E-state index contributed by atoms with van der Waals surface area (Å²) in [6, 6.07) is 0. The van der Waals surface area contributed by atoms with Crippen molar-refractivity contribution in [1.29, 1.82) is 0 Å². The minimum atomic E-state index is -0.532. The van der Waals surface area contributed by atoms with E-state index >= 15 is 0 Å². The summed E-state index contributed by atoms with van der Waals surface area (Å²) in [7, 11) is 0. The molecule has 4 nitrogen and oxygen atoms in total. The number of carbonyl (C=O) groups is 1. The van der Waals surface area contributed by atoms with Gasteiger partial charge in [-0.2, -0.15) is 0 Å². The standard InChI is InChI=1S/C46H90O4/c1-3-5-7-9-11-13-15-17-19-20-21-22-23-24-25-26-28-30-32-34-36-38-40-42-49-44-45(43-47)50-46(48)41-39-37-35-33-31-29-27-18-16-14-12-10-8-6-4-2/h18,27,45,47H,3-17,19-26,28-44H2,1-2H3/b27-18-. The molecule has 4 heteroatoms. The zero-order valence-electron chi connectivity index (χ0n) is 34.2. The lowest BCUT2D eigenvalue weighted by Gasteiger charge is -2.15. The smallest absolute Gasteiger partial charge is 0.306 e. The van der Waals surface area contributed by atoms with Gasteiger partial charge in [-0.3, -0.25) is 4.79 Å². The molecule has 0 fully saturated rings. The molecule has 0 aromatic carbocycles. The first-order valence-corrected chi connectivity index (χ1v) is 22.8. The minimum Gasteiger partial charge on any atom is -0.457 e. The second-order valence-electron chi connectivity index (χ2n) is 15.5. The van der Waals surface area contributed by atoms with Crippen LogP contribution >= 0.6 is 0 Å². The lowest BCUT2D eigenvalue weighted by Crippen LogP contribution is -2.27. The number of allylic oxidation sites excluding steroid dienone is 2. The van der Waals surface area contributed by atoms with Crippen LogP contribution in [0.15, 0.2) is 12.2 Å². The van der Waals surface area contributed by atoms with E-state index in [9.17, 15) is 9.90 Å². The van der Waals surface area contributed by atoms with Crippen molar-refractivity contribution >= 4 is 5.97 Å². The molecule has 0 aliphatic carbocycles. The average molecular weight is 707 g/mol. The number of carbonyl (C=O) groups excluding carboxylic acids is 1. The molecule has 0 aliphatic rings. The summed E-state index contributed by atoms with van der Waals surface area (Å²) in [5.41, 5.74) is 0. The maximum atomic E-state index is 12.2. The summed E-state index contributed by atoms with van der Waals surface area (Å²) in [6.45, 7) is 5.38. The molecule has 0 saturated heterocycles. The van der Waals surface area contributed by atoms with E-state index < -0.39 is 6.10 Å². The van der Waals surface area contributed by atoms with Crippen LogP contribution in [-0.4, -0.2) is 37.0 Å². The van der Waals surface area contributed by atoms with Crippen molar-refractivity contribution in [2.24, 2.45) is 0 Å². The van der Waals surface area contributed by atoms with E-state index in [1.54, 1.807) is 0 Å². The van der Waals surface area contributed by atoms with E-state index in [2.05, 4.69) is 26.0 Å². The molecule has 0 aromatic heterocycles. The molecule has 0 amide bonds. The normalized spacial score (nSPS) is 12.3. The molecule has 1 N–H and O–H groups in total. The molecule has 0 bridgehead atoms.